The average molecular weight is 234 g/mol. The quantitative estimate of drug-likeness (QED) is 0.732. The summed E-state index contributed by atoms with van der Waals surface area (Å²) in [5.74, 6) is 0.171. The second-order valence-corrected chi connectivity index (χ2v) is 4.07. The van der Waals surface area contributed by atoms with Crippen molar-refractivity contribution >= 4 is 5.91 Å². The predicted octanol–water partition coefficient (Wildman–Crippen LogP) is 2.03. The first-order valence-electron chi connectivity index (χ1n) is 6.30. The largest absolute Gasteiger partial charge is 0.338 e. The Labute approximate surface area is 104 Å². The molecule has 3 nitrogen and oxygen atoms in total. The summed E-state index contributed by atoms with van der Waals surface area (Å²) in [7, 11) is 0. The van der Waals surface area contributed by atoms with Crippen molar-refractivity contribution in [1.29, 1.82) is 0 Å². The van der Waals surface area contributed by atoms with Crippen molar-refractivity contribution in [3.8, 4) is 0 Å². The number of nitrogens with zero attached hydrogens (tertiary/aromatic N) is 1. The lowest BCUT2D eigenvalue weighted by Crippen LogP contribution is -2.37. The van der Waals surface area contributed by atoms with Crippen LogP contribution in [0.25, 0.3) is 0 Å². The first-order chi connectivity index (χ1) is 8.27. The summed E-state index contributed by atoms with van der Waals surface area (Å²) in [5.41, 5.74) is 1.18. The predicted molar refractivity (Wildman–Crippen MR) is 70.7 cm³/mol. The van der Waals surface area contributed by atoms with E-state index in [4.69, 9.17) is 0 Å². The monoisotopic (exact) mass is 234 g/mol. The third-order valence-electron chi connectivity index (χ3n) is 2.65. The number of carbonyl (C=O) groups excluding carboxylic acids is 1. The second kappa shape index (κ2) is 7.85. The van der Waals surface area contributed by atoms with E-state index < -0.39 is 0 Å². The van der Waals surface area contributed by atoms with Crippen molar-refractivity contribution in [3.05, 3.63) is 35.9 Å². The van der Waals surface area contributed by atoms with Crippen molar-refractivity contribution in [3.63, 3.8) is 0 Å². The molecule has 3 heteroatoms. The lowest BCUT2D eigenvalue weighted by Gasteiger charge is -2.21. The zero-order valence-electron chi connectivity index (χ0n) is 10.8. The summed E-state index contributed by atoms with van der Waals surface area (Å²) in [5, 5.41) is 3.14. The molecule has 0 heterocycles. The third kappa shape index (κ3) is 5.00. The van der Waals surface area contributed by atoms with Gasteiger partial charge < -0.3 is 10.2 Å². The molecule has 0 radical (unpaired) electrons. The molecule has 0 unspecified atom stereocenters. The van der Waals surface area contributed by atoms with Crippen molar-refractivity contribution in [2.75, 3.05) is 19.6 Å². The summed E-state index contributed by atoms with van der Waals surface area (Å²) >= 11 is 0. The minimum Gasteiger partial charge on any atom is -0.338 e. The Morgan fingerprint density at radius 2 is 1.94 bits per heavy atom. The Hall–Kier alpha value is -1.35. The molecular weight excluding hydrogens is 212 g/mol. The second-order valence-electron chi connectivity index (χ2n) is 4.07. The van der Waals surface area contributed by atoms with Crippen molar-refractivity contribution in [2.24, 2.45) is 0 Å². The van der Waals surface area contributed by atoms with Gasteiger partial charge in [0.1, 0.15) is 0 Å². The minimum atomic E-state index is 0.171. The minimum absolute atomic E-state index is 0.171. The van der Waals surface area contributed by atoms with E-state index in [0.29, 0.717) is 13.1 Å². The van der Waals surface area contributed by atoms with E-state index in [0.717, 1.165) is 19.5 Å². The Balaban J connectivity index is 2.45. The smallest absolute Gasteiger partial charge is 0.236 e. The van der Waals surface area contributed by atoms with E-state index in [1.54, 1.807) is 0 Å². The van der Waals surface area contributed by atoms with Crippen LogP contribution in [0.5, 0.6) is 0 Å². The van der Waals surface area contributed by atoms with Crippen LogP contribution in [0, 0.1) is 0 Å². The molecule has 0 aliphatic heterocycles. The number of carbonyl (C=O) groups is 1. The highest BCUT2D eigenvalue weighted by Crippen LogP contribution is 2.04. The van der Waals surface area contributed by atoms with E-state index in [-0.39, 0.29) is 5.91 Å². The molecule has 0 saturated heterocycles. The van der Waals surface area contributed by atoms with E-state index >= 15 is 0 Å². The molecule has 1 aromatic carbocycles. The van der Waals surface area contributed by atoms with Crippen LogP contribution in [0.2, 0.25) is 0 Å². The molecular formula is C14H22N2O. The Bertz CT molecular complexity index is 324. The molecule has 0 saturated carbocycles. The number of likely N-dealkylation sites (N-methyl/N-ethyl adjacent to an activating group) is 1. The normalized spacial score (nSPS) is 10.2. The van der Waals surface area contributed by atoms with E-state index in [1.165, 1.54) is 5.56 Å². The number of hydrogen-bond acceptors (Lipinski definition) is 2. The summed E-state index contributed by atoms with van der Waals surface area (Å²) in [4.78, 5) is 13.8. The maximum absolute atomic E-state index is 11.9. The molecule has 1 N–H and O–H groups in total. The highest BCUT2D eigenvalue weighted by molar-refractivity contribution is 5.78. The van der Waals surface area contributed by atoms with Gasteiger partial charge in [-0.05, 0) is 25.5 Å². The van der Waals surface area contributed by atoms with Gasteiger partial charge in [0.25, 0.3) is 0 Å². The SMILES string of the molecule is CCCNCC(=O)N(CC)Cc1ccccc1. The molecule has 1 aromatic rings. The fourth-order valence-electron chi connectivity index (χ4n) is 1.66. The fraction of sp³-hybridized carbons (Fsp3) is 0.500. The van der Waals surface area contributed by atoms with Crippen LogP contribution in [-0.2, 0) is 11.3 Å². The van der Waals surface area contributed by atoms with Gasteiger partial charge in [0.15, 0.2) is 0 Å². The zero-order chi connectivity index (χ0) is 12.5. The number of nitrogens with one attached hydrogen (secondary N) is 1. The van der Waals surface area contributed by atoms with Gasteiger partial charge in [0.2, 0.25) is 5.91 Å². The lowest BCUT2D eigenvalue weighted by molar-refractivity contribution is -0.130. The summed E-state index contributed by atoms with van der Waals surface area (Å²) in [6.07, 6.45) is 1.05. The van der Waals surface area contributed by atoms with Gasteiger partial charge >= 0.3 is 0 Å². The molecule has 0 bridgehead atoms. The topological polar surface area (TPSA) is 32.3 Å². The summed E-state index contributed by atoms with van der Waals surface area (Å²) < 4.78 is 0. The van der Waals surface area contributed by atoms with E-state index in [9.17, 15) is 4.79 Å². The molecule has 0 spiro atoms. The Morgan fingerprint density at radius 1 is 1.24 bits per heavy atom. The van der Waals surface area contributed by atoms with Crippen LogP contribution in [0.15, 0.2) is 30.3 Å². The molecule has 0 aliphatic rings. The van der Waals surface area contributed by atoms with Crippen LogP contribution in [0.4, 0.5) is 0 Å². The molecule has 1 rings (SSSR count). The van der Waals surface area contributed by atoms with Gasteiger partial charge in [0, 0.05) is 13.1 Å². The first-order valence-corrected chi connectivity index (χ1v) is 6.30. The third-order valence-corrected chi connectivity index (χ3v) is 2.65. The average Bonchev–Trinajstić information content (AvgIpc) is 2.37. The van der Waals surface area contributed by atoms with Gasteiger partial charge in [-0.15, -0.1) is 0 Å². The summed E-state index contributed by atoms with van der Waals surface area (Å²) in [6, 6.07) is 10.1. The zero-order valence-corrected chi connectivity index (χ0v) is 10.8. The molecule has 94 valence electrons. The van der Waals surface area contributed by atoms with Crippen molar-refractivity contribution in [2.45, 2.75) is 26.8 Å². The van der Waals surface area contributed by atoms with E-state index in [1.807, 2.05) is 30.0 Å². The van der Waals surface area contributed by atoms with Gasteiger partial charge in [-0.3, -0.25) is 4.79 Å². The van der Waals surface area contributed by atoms with Gasteiger partial charge in [-0.1, -0.05) is 37.3 Å². The van der Waals surface area contributed by atoms with Gasteiger partial charge in [-0.25, -0.2) is 0 Å². The fourth-order valence-corrected chi connectivity index (χ4v) is 1.66. The van der Waals surface area contributed by atoms with Crippen molar-refractivity contribution in [1.82, 2.24) is 10.2 Å². The molecule has 0 fully saturated rings. The van der Waals surface area contributed by atoms with E-state index in [2.05, 4.69) is 24.4 Å². The van der Waals surface area contributed by atoms with Gasteiger partial charge in [-0.2, -0.15) is 0 Å². The Morgan fingerprint density at radius 3 is 2.53 bits per heavy atom. The van der Waals surface area contributed by atoms with Crippen LogP contribution < -0.4 is 5.32 Å². The molecule has 17 heavy (non-hydrogen) atoms. The van der Waals surface area contributed by atoms with Gasteiger partial charge in [0.05, 0.1) is 6.54 Å². The van der Waals surface area contributed by atoms with Crippen LogP contribution >= 0.6 is 0 Å². The number of rotatable bonds is 7. The Kier molecular flexibility index (Phi) is 6.33. The van der Waals surface area contributed by atoms with Crippen LogP contribution in [0.1, 0.15) is 25.8 Å². The molecule has 0 atom stereocenters. The number of amides is 1. The van der Waals surface area contributed by atoms with Crippen LogP contribution in [-0.4, -0.2) is 30.4 Å². The highest BCUT2D eigenvalue weighted by Gasteiger charge is 2.10. The summed E-state index contributed by atoms with van der Waals surface area (Å²) in [6.45, 7) is 6.90. The maximum atomic E-state index is 11.9. The maximum Gasteiger partial charge on any atom is 0.236 e. The molecule has 0 aliphatic carbocycles. The standard InChI is InChI=1S/C14H22N2O/c1-3-10-15-11-14(17)16(4-2)12-13-8-6-5-7-9-13/h5-9,15H,3-4,10-12H2,1-2H3. The van der Waals surface area contributed by atoms with Crippen LogP contribution in [0.3, 0.4) is 0 Å². The number of benzene rings is 1. The molecule has 0 aromatic heterocycles. The highest BCUT2D eigenvalue weighted by atomic mass is 16.2. The lowest BCUT2D eigenvalue weighted by atomic mass is 10.2. The van der Waals surface area contributed by atoms with Crippen molar-refractivity contribution < 1.29 is 4.79 Å². The number of hydrogen-bond donors (Lipinski definition) is 1. The first kappa shape index (κ1) is 13.7. The molecule has 1 amide bonds.